The molecule has 1 aliphatic carbocycles. The lowest BCUT2D eigenvalue weighted by Gasteiger charge is -2.25. The second-order valence-electron chi connectivity index (χ2n) is 5.83. The average Bonchev–Trinajstić information content (AvgIpc) is 2.46. The fourth-order valence-corrected chi connectivity index (χ4v) is 3.11. The quantitative estimate of drug-likeness (QED) is 0.744. The third-order valence-electron chi connectivity index (χ3n) is 4.18. The number of alkyl halides is 3. The van der Waals surface area contributed by atoms with Gasteiger partial charge in [0.2, 0.25) is 0 Å². The molecule has 1 unspecified atom stereocenters. The third kappa shape index (κ3) is 3.43. The molecule has 2 aromatic rings. The van der Waals surface area contributed by atoms with Crippen molar-refractivity contribution in [3.63, 3.8) is 0 Å². The smallest absolute Gasteiger partial charge is 0.406 e. The first-order chi connectivity index (χ1) is 10.4. The summed E-state index contributed by atoms with van der Waals surface area (Å²) in [7, 11) is 0. The van der Waals surface area contributed by atoms with Gasteiger partial charge in [0.25, 0.3) is 0 Å². The molecule has 1 atom stereocenters. The SMILES string of the molecule is Cc1ccc2c(c1)CCC(c1ccc(OC(F)(F)F)cc1)C2. The minimum Gasteiger partial charge on any atom is -0.406 e. The van der Waals surface area contributed by atoms with Crippen LogP contribution in [0, 0.1) is 6.92 Å². The van der Waals surface area contributed by atoms with E-state index < -0.39 is 6.36 Å². The van der Waals surface area contributed by atoms with E-state index >= 15 is 0 Å². The van der Waals surface area contributed by atoms with Gasteiger partial charge in [0.15, 0.2) is 0 Å². The molecule has 2 aromatic carbocycles. The molecule has 0 saturated carbocycles. The van der Waals surface area contributed by atoms with Gasteiger partial charge in [-0.15, -0.1) is 13.2 Å². The predicted octanol–water partition coefficient (Wildman–Crippen LogP) is 5.17. The van der Waals surface area contributed by atoms with Crippen LogP contribution in [0.5, 0.6) is 5.75 Å². The van der Waals surface area contributed by atoms with Crippen molar-refractivity contribution < 1.29 is 17.9 Å². The van der Waals surface area contributed by atoms with Crippen molar-refractivity contribution in [2.24, 2.45) is 0 Å². The zero-order valence-corrected chi connectivity index (χ0v) is 12.3. The molecule has 1 aliphatic rings. The van der Waals surface area contributed by atoms with Crippen LogP contribution in [0.3, 0.4) is 0 Å². The lowest BCUT2D eigenvalue weighted by molar-refractivity contribution is -0.274. The van der Waals surface area contributed by atoms with Gasteiger partial charge in [0, 0.05) is 0 Å². The molecule has 1 nitrogen and oxygen atoms in total. The first-order valence-corrected chi connectivity index (χ1v) is 7.35. The van der Waals surface area contributed by atoms with Crippen LogP contribution in [0.4, 0.5) is 13.2 Å². The molecular weight excluding hydrogens is 289 g/mol. The topological polar surface area (TPSA) is 9.23 Å². The fourth-order valence-electron chi connectivity index (χ4n) is 3.11. The van der Waals surface area contributed by atoms with E-state index in [-0.39, 0.29) is 5.75 Å². The molecule has 0 saturated heterocycles. The molecule has 0 bridgehead atoms. The largest absolute Gasteiger partial charge is 0.573 e. The normalized spacial score (nSPS) is 17.9. The molecule has 0 radical (unpaired) electrons. The highest BCUT2D eigenvalue weighted by molar-refractivity contribution is 5.37. The van der Waals surface area contributed by atoms with Crippen molar-refractivity contribution in [3.05, 3.63) is 64.7 Å². The number of halogens is 3. The van der Waals surface area contributed by atoms with Crippen molar-refractivity contribution in [2.45, 2.75) is 38.5 Å². The van der Waals surface area contributed by atoms with E-state index in [1.165, 1.54) is 28.8 Å². The zero-order chi connectivity index (χ0) is 15.7. The molecule has 0 heterocycles. The summed E-state index contributed by atoms with van der Waals surface area (Å²) >= 11 is 0. The lowest BCUT2D eigenvalue weighted by atomic mass is 9.80. The first-order valence-electron chi connectivity index (χ1n) is 7.35. The van der Waals surface area contributed by atoms with Gasteiger partial charge in [0.1, 0.15) is 5.75 Å². The molecule has 22 heavy (non-hydrogen) atoms. The highest BCUT2D eigenvalue weighted by atomic mass is 19.4. The Balaban J connectivity index is 1.74. The number of ether oxygens (including phenoxy) is 1. The van der Waals surface area contributed by atoms with Crippen LogP contribution in [0.15, 0.2) is 42.5 Å². The van der Waals surface area contributed by atoms with E-state index in [0.717, 1.165) is 24.8 Å². The maximum absolute atomic E-state index is 12.2. The molecule has 116 valence electrons. The van der Waals surface area contributed by atoms with Crippen LogP contribution in [0.2, 0.25) is 0 Å². The van der Waals surface area contributed by atoms with Crippen molar-refractivity contribution in [1.29, 1.82) is 0 Å². The Labute approximate surface area is 127 Å². The van der Waals surface area contributed by atoms with E-state index in [4.69, 9.17) is 0 Å². The van der Waals surface area contributed by atoms with Crippen LogP contribution >= 0.6 is 0 Å². The molecule has 0 N–H and O–H groups in total. The number of hydrogen-bond acceptors (Lipinski definition) is 1. The van der Waals surface area contributed by atoms with E-state index in [9.17, 15) is 13.2 Å². The monoisotopic (exact) mass is 306 g/mol. The summed E-state index contributed by atoms with van der Waals surface area (Å²) in [5.74, 6) is 0.193. The van der Waals surface area contributed by atoms with Crippen molar-refractivity contribution in [2.75, 3.05) is 0 Å². The molecule has 0 fully saturated rings. The number of fused-ring (bicyclic) bond motifs is 1. The summed E-state index contributed by atoms with van der Waals surface area (Å²) in [6.45, 7) is 2.09. The molecule has 0 aromatic heterocycles. The summed E-state index contributed by atoms with van der Waals surface area (Å²) < 4.78 is 40.4. The molecule has 0 spiro atoms. The van der Waals surface area contributed by atoms with Gasteiger partial charge in [-0.1, -0.05) is 35.9 Å². The Morgan fingerprint density at radius 1 is 1.00 bits per heavy atom. The maximum atomic E-state index is 12.2. The van der Waals surface area contributed by atoms with Crippen molar-refractivity contribution >= 4 is 0 Å². The number of rotatable bonds is 2. The van der Waals surface area contributed by atoms with Gasteiger partial charge in [-0.25, -0.2) is 0 Å². The first kappa shape index (κ1) is 14.9. The Morgan fingerprint density at radius 3 is 2.41 bits per heavy atom. The van der Waals surface area contributed by atoms with Crippen LogP contribution in [0.1, 0.15) is 34.6 Å². The molecular formula is C18H17F3O. The minimum atomic E-state index is -4.64. The Kier molecular flexibility index (Phi) is 3.85. The van der Waals surface area contributed by atoms with E-state index in [2.05, 4.69) is 29.9 Å². The van der Waals surface area contributed by atoms with Gasteiger partial charge in [-0.2, -0.15) is 0 Å². The standard InChI is InChI=1S/C18H17F3O/c1-12-2-3-16-11-15(5-4-14(16)10-12)13-6-8-17(9-7-13)22-18(19,20)21/h2-3,6-10,15H,4-5,11H2,1H3. The highest BCUT2D eigenvalue weighted by Gasteiger charge is 2.31. The second kappa shape index (κ2) is 5.67. The van der Waals surface area contributed by atoms with Gasteiger partial charge in [-0.3, -0.25) is 0 Å². The molecule has 4 heteroatoms. The summed E-state index contributed by atoms with van der Waals surface area (Å²) in [6.07, 6.45) is -1.66. The molecule has 0 aliphatic heterocycles. The van der Waals surface area contributed by atoms with Crippen molar-refractivity contribution in [3.8, 4) is 5.75 Å². The third-order valence-corrected chi connectivity index (χ3v) is 4.18. The lowest BCUT2D eigenvalue weighted by Crippen LogP contribution is -2.17. The van der Waals surface area contributed by atoms with E-state index in [0.29, 0.717) is 5.92 Å². The summed E-state index contributed by atoms with van der Waals surface area (Å²) in [5.41, 5.74) is 5.08. The molecule has 0 amide bonds. The van der Waals surface area contributed by atoms with E-state index in [1.807, 2.05) is 0 Å². The van der Waals surface area contributed by atoms with E-state index in [1.54, 1.807) is 12.1 Å². The number of hydrogen-bond donors (Lipinski definition) is 0. The van der Waals surface area contributed by atoms with Crippen molar-refractivity contribution in [1.82, 2.24) is 0 Å². The van der Waals surface area contributed by atoms with Crippen LogP contribution in [-0.2, 0) is 12.8 Å². The fraction of sp³-hybridized carbons (Fsp3) is 0.333. The summed E-state index contributed by atoms with van der Waals surface area (Å²) in [4.78, 5) is 0. The summed E-state index contributed by atoms with van der Waals surface area (Å²) in [5, 5.41) is 0. The van der Waals surface area contributed by atoms with Crippen LogP contribution in [-0.4, -0.2) is 6.36 Å². The maximum Gasteiger partial charge on any atom is 0.573 e. The Bertz CT molecular complexity index is 659. The van der Waals surface area contributed by atoms with Gasteiger partial charge in [-0.05, 0) is 60.9 Å². The Hall–Kier alpha value is -1.97. The second-order valence-corrected chi connectivity index (χ2v) is 5.83. The van der Waals surface area contributed by atoms with Gasteiger partial charge < -0.3 is 4.74 Å². The van der Waals surface area contributed by atoms with Gasteiger partial charge in [0.05, 0.1) is 0 Å². The number of benzene rings is 2. The zero-order valence-electron chi connectivity index (χ0n) is 12.3. The highest BCUT2D eigenvalue weighted by Crippen LogP contribution is 2.34. The Morgan fingerprint density at radius 2 is 1.73 bits per heavy atom. The van der Waals surface area contributed by atoms with Crippen LogP contribution < -0.4 is 4.74 Å². The number of aryl methyl sites for hydroxylation is 2. The minimum absolute atomic E-state index is 0.164. The molecule has 3 rings (SSSR count). The average molecular weight is 306 g/mol. The van der Waals surface area contributed by atoms with Gasteiger partial charge >= 0.3 is 6.36 Å². The van der Waals surface area contributed by atoms with Crippen LogP contribution in [0.25, 0.3) is 0 Å². The predicted molar refractivity (Wildman–Crippen MR) is 79.1 cm³/mol. The summed E-state index contributed by atoms with van der Waals surface area (Å²) in [6, 6.07) is 12.8.